The summed E-state index contributed by atoms with van der Waals surface area (Å²) in [5.41, 5.74) is 2.33. The van der Waals surface area contributed by atoms with Gasteiger partial charge in [-0.05, 0) is 42.3 Å². The first-order valence-corrected chi connectivity index (χ1v) is 9.12. The van der Waals surface area contributed by atoms with Crippen molar-refractivity contribution in [2.24, 2.45) is 0 Å². The Morgan fingerprint density at radius 2 is 1.32 bits per heavy atom. The molecule has 2 amide bonds. The van der Waals surface area contributed by atoms with Gasteiger partial charge in [0.05, 0.1) is 12.6 Å². The Balaban J connectivity index is 1.72. The number of carbonyl (C=O) groups excluding carboxylic acids is 2. The molecule has 0 aliphatic rings. The van der Waals surface area contributed by atoms with Gasteiger partial charge in [0.25, 0.3) is 0 Å². The standard InChI is InChI=1S/C23H22N2O3/c1-2-28-20-15-13-19(14-16-20)24-22(26)23(27)25-21(17-9-5-3-6-10-17)18-11-7-4-8-12-18/h3-16,21H,2H2,1H3,(H,24,26)(H,25,27). The van der Waals surface area contributed by atoms with Crippen molar-refractivity contribution in [1.29, 1.82) is 0 Å². The summed E-state index contributed by atoms with van der Waals surface area (Å²) in [6.07, 6.45) is 0. The summed E-state index contributed by atoms with van der Waals surface area (Å²) >= 11 is 0. The number of amides is 2. The summed E-state index contributed by atoms with van der Waals surface area (Å²) in [6, 6.07) is 25.6. The lowest BCUT2D eigenvalue weighted by Gasteiger charge is -2.19. The van der Waals surface area contributed by atoms with Crippen LogP contribution < -0.4 is 15.4 Å². The van der Waals surface area contributed by atoms with Gasteiger partial charge in [-0.3, -0.25) is 9.59 Å². The molecule has 0 bridgehead atoms. The van der Waals surface area contributed by atoms with Crippen LogP contribution in [0.4, 0.5) is 5.69 Å². The van der Waals surface area contributed by atoms with Crippen molar-refractivity contribution in [3.63, 3.8) is 0 Å². The third-order valence-electron chi connectivity index (χ3n) is 4.17. The lowest BCUT2D eigenvalue weighted by Crippen LogP contribution is -2.38. The summed E-state index contributed by atoms with van der Waals surface area (Å²) in [5, 5.41) is 5.44. The first-order chi connectivity index (χ1) is 13.7. The predicted octanol–water partition coefficient (Wildman–Crippen LogP) is 3.93. The molecule has 142 valence electrons. The molecule has 0 atom stereocenters. The zero-order valence-electron chi connectivity index (χ0n) is 15.6. The number of ether oxygens (including phenoxy) is 1. The van der Waals surface area contributed by atoms with Gasteiger partial charge in [0.1, 0.15) is 5.75 Å². The molecule has 28 heavy (non-hydrogen) atoms. The van der Waals surface area contributed by atoms with Crippen molar-refractivity contribution >= 4 is 17.5 Å². The van der Waals surface area contributed by atoms with Crippen molar-refractivity contribution < 1.29 is 14.3 Å². The van der Waals surface area contributed by atoms with Crippen LogP contribution in [-0.4, -0.2) is 18.4 Å². The van der Waals surface area contributed by atoms with E-state index in [0.29, 0.717) is 18.0 Å². The summed E-state index contributed by atoms with van der Waals surface area (Å²) in [4.78, 5) is 24.9. The maximum Gasteiger partial charge on any atom is 0.313 e. The summed E-state index contributed by atoms with van der Waals surface area (Å²) in [6.45, 7) is 2.46. The van der Waals surface area contributed by atoms with Gasteiger partial charge >= 0.3 is 11.8 Å². The van der Waals surface area contributed by atoms with Crippen LogP contribution in [0.5, 0.6) is 5.75 Å². The van der Waals surface area contributed by atoms with E-state index in [1.165, 1.54) is 0 Å². The van der Waals surface area contributed by atoms with E-state index in [2.05, 4.69) is 10.6 Å². The molecular formula is C23H22N2O3. The monoisotopic (exact) mass is 374 g/mol. The molecule has 2 N–H and O–H groups in total. The minimum atomic E-state index is -0.721. The van der Waals surface area contributed by atoms with Gasteiger partial charge in [-0.2, -0.15) is 0 Å². The number of hydrogen-bond donors (Lipinski definition) is 2. The van der Waals surface area contributed by atoms with E-state index in [-0.39, 0.29) is 0 Å². The van der Waals surface area contributed by atoms with Crippen LogP contribution in [-0.2, 0) is 9.59 Å². The molecule has 0 spiro atoms. The highest BCUT2D eigenvalue weighted by atomic mass is 16.5. The first kappa shape index (κ1) is 19.2. The van der Waals surface area contributed by atoms with Crippen LogP contribution in [0, 0.1) is 0 Å². The molecule has 5 heteroatoms. The number of rotatable bonds is 6. The summed E-state index contributed by atoms with van der Waals surface area (Å²) in [5.74, 6) is -0.717. The molecule has 0 radical (unpaired) electrons. The minimum absolute atomic E-state index is 0.416. The smallest absolute Gasteiger partial charge is 0.313 e. The van der Waals surface area contributed by atoms with Gasteiger partial charge in [-0.1, -0.05) is 60.7 Å². The molecule has 3 aromatic carbocycles. The number of hydrogen-bond acceptors (Lipinski definition) is 3. The second-order valence-corrected chi connectivity index (χ2v) is 6.14. The normalized spacial score (nSPS) is 10.4. The van der Waals surface area contributed by atoms with E-state index >= 15 is 0 Å². The average molecular weight is 374 g/mol. The van der Waals surface area contributed by atoms with Crippen LogP contribution in [0.2, 0.25) is 0 Å². The van der Waals surface area contributed by atoms with Crippen molar-refractivity contribution in [2.75, 3.05) is 11.9 Å². The molecule has 0 aliphatic carbocycles. The lowest BCUT2D eigenvalue weighted by molar-refractivity contribution is -0.136. The number of anilines is 1. The van der Waals surface area contributed by atoms with E-state index < -0.39 is 17.9 Å². The third kappa shape index (κ3) is 4.98. The number of nitrogens with one attached hydrogen (secondary N) is 2. The highest BCUT2D eigenvalue weighted by Gasteiger charge is 2.21. The van der Waals surface area contributed by atoms with E-state index in [4.69, 9.17) is 4.74 Å². The Hall–Kier alpha value is -3.60. The van der Waals surface area contributed by atoms with Gasteiger partial charge in [0.2, 0.25) is 0 Å². The van der Waals surface area contributed by atoms with Gasteiger partial charge in [-0.15, -0.1) is 0 Å². The lowest BCUT2D eigenvalue weighted by atomic mass is 9.99. The fourth-order valence-corrected chi connectivity index (χ4v) is 2.84. The molecule has 0 saturated heterocycles. The molecule has 3 rings (SSSR count). The Morgan fingerprint density at radius 3 is 1.82 bits per heavy atom. The average Bonchev–Trinajstić information content (AvgIpc) is 2.74. The molecule has 0 fully saturated rings. The number of carbonyl (C=O) groups is 2. The fourth-order valence-electron chi connectivity index (χ4n) is 2.84. The van der Waals surface area contributed by atoms with Gasteiger partial charge < -0.3 is 15.4 Å². The van der Waals surface area contributed by atoms with Crippen molar-refractivity contribution in [2.45, 2.75) is 13.0 Å². The maximum absolute atomic E-state index is 12.5. The second-order valence-electron chi connectivity index (χ2n) is 6.14. The fraction of sp³-hybridized carbons (Fsp3) is 0.130. The van der Waals surface area contributed by atoms with Gasteiger partial charge in [-0.25, -0.2) is 0 Å². The zero-order chi connectivity index (χ0) is 19.8. The molecule has 0 unspecified atom stereocenters. The molecule has 0 saturated carbocycles. The zero-order valence-corrected chi connectivity index (χ0v) is 15.6. The van der Waals surface area contributed by atoms with Crippen LogP contribution in [0.3, 0.4) is 0 Å². The summed E-state index contributed by atoms with van der Waals surface area (Å²) in [7, 11) is 0. The number of benzene rings is 3. The topological polar surface area (TPSA) is 67.4 Å². The maximum atomic E-state index is 12.5. The van der Waals surface area contributed by atoms with Crippen LogP contribution in [0.15, 0.2) is 84.9 Å². The van der Waals surface area contributed by atoms with E-state index in [1.807, 2.05) is 67.6 Å². The van der Waals surface area contributed by atoms with Crippen molar-refractivity contribution in [1.82, 2.24) is 5.32 Å². The van der Waals surface area contributed by atoms with Gasteiger partial charge in [0, 0.05) is 5.69 Å². The van der Waals surface area contributed by atoms with E-state index in [9.17, 15) is 9.59 Å². The molecule has 0 aromatic heterocycles. The largest absolute Gasteiger partial charge is 0.494 e. The minimum Gasteiger partial charge on any atom is -0.494 e. The van der Waals surface area contributed by atoms with Crippen molar-refractivity contribution in [3.05, 3.63) is 96.1 Å². The second kappa shape index (κ2) is 9.37. The van der Waals surface area contributed by atoms with Crippen LogP contribution in [0.25, 0.3) is 0 Å². The quantitative estimate of drug-likeness (QED) is 0.643. The summed E-state index contributed by atoms with van der Waals surface area (Å²) < 4.78 is 5.37. The first-order valence-electron chi connectivity index (χ1n) is 9.12. The molecule has 0 aliphatic heterocycles. The van der Waals surface area contributed by atoms with Crippen LogP contribution >= 0.6 is 0 Å². The molecular weight excluding hydrogens is 352 g/mol. The Morgan fingerprint density at radius 1 is 0.786 bits per heavy atom. The SMILES string of the molecule is CCOc1ccc(NC(=O)C(=O)NC(c2ccccc2)c2ccccc2)cc1. The van der Waals surface area contributed by atoms with Crippen molar-refractivity contribution in [3.8, 4) is 5.75 Å². The molecule has 3 aromatic rings. The van der Waals surface area contributed by atoms with Crippen LogP contribution in [0.1, 0.15) is 24.1 Å². The van der Waals surface area contributed by atoms with E-state index in [0.717, 1.165) is 11.1 Å². The predicted molar refractivity (Wildman–Crippen MR) is 109 cm³/mol. The molecule has 0 heterocycles. The Labute approximate surface area is 164 Å². The van der Waals surface area contributed by atoms with E-state index in [1.54, 1.807) is 24.3 Å². The third-order valence-corrected chi connectivity index (χ3v) is 4.17. The Kier molecular flexibility index (Phi) is 6.41. The highest BCUT2D eigenvalue weighted by Crippen LogP contribution is 2.22. The van der Waals surface area contributed by atoms with Gasteiger partial charge in [0.15, 0.2) is 0 Å². The Bertz CT molecular complexity index is 870. The highest BCUT2D eigenvalue weighted by molar-refractivity contribution is 6.39. The molecule has 5 nitrogen and oxygen atoms in total.